The van der Waals surface area contributed by atoms with Crippen molar-refractivity contribution in [3.8, 4) is 0 Å². The summed E-state index contributed by atoms with van der Waals surface area (Å²) >= 11 is 1.66. The number of thioether (sulfide) groups is 1. The lowest BCUT2D eigenvalue weighted by molar-refractivity contribution is 0.0692. The molecule has 1 N–H and O–H groups in total. The summed E-state index contributed by atoms with van der Waals surface area (Å²) in [5, 5.41) is 10.4. The van der Waals surface area contributed by atoms with E-state index in [4.69, 9.17) is 5.11 Å². The van der Waals surface area contributed by atoms with E-state index in [9.17, 15) is 4.79 Å². The molecule has 0 spiro atoms. The Morgan fingerprint density at radius 3 is 3.00 bits per heavy atom. The van der Waals surface area contributed by atoms with Crippen molar-refractivity contribution in [3.63, 3.8) is 0 Å². The van der Waals surface area contributed by atoms with Crippen molar-refractivity contribution in [1.82, 2.24) is 4.98 Å². The first-order valence-corrected chi connectivity index (χ1v) is 7.45. The Hall–Kier alpha value is -1.03. The van der Waals surface area contributed by atoms with Gasteiger partial charge in [0.1, 0.15) is 5.03 Å². The number of aromatic nitrogens is 1. The van der Waals surface area contributed by atoms with Gasteiger partial charge in [0.25, 0.3) is 0 Å². The number of hydrogen-bond donors (Lipinski definition) is 1. The Bertz CT molecular complexity index is 422. The quantitative estimate of drug-likeness (QED) is 0.898. The van der Waals surface area contributed by atoms with Crippen molar-refractivity contribution in [3.05, 3.63) is 23.9 Å². The predicted molar refractivity (Wildman–Crippen MR) is 73.1 cm³/mol. The summed E-state index contributed by atoms with van der Waals surface area (Å²) in [7, 11) is 0. The van der Waals surface area contributed by atoms with E-state index in [-0.39, 0.29) is 0 Å². The Morgan fingerprint density at radius 1 is 1.50 bits per heavy atom. The molecule has 3 nitrogen and oxygen atoms in total. The highest BCUT2D eigenvalue weighted by molar-refractivity contribution is 8.00. The minimum Gasteiger partial charge on any atom is -0.478 e. The number of carboxylic acid groups (broad SMARTS) is 1. The second-order valence-corrected chi connectivity index (χ2v) is 6.00. The second-order valence-electron chi connectivity index (χ2n) is 4.77. The molecule has 1 aromatic heterocycles. The maximum atomic E-state index is 11.2. The smallest absolute Gasteiger partial charge is 0.338 e. The fourth-order valence-electron chi connectivity index (χ4n) is 2.59. The molecule has 0 aliphatic heterocycles. The van der Waals surface area contributed by atoms with E-state index in [1.54, 1.807) is 30.1 Å². The van der Waals surface area contributed by atoms with Crippen LogP contribution in [0, 0.1) is 5.92 Å². The van der Waals surface area contributed by atoms with Gasteiger partial charge in [0.05, 0.1) is 5.56 Å². The van der Waals surface area contributed by atoms with Crippen molar-refractivity contribution in [2.75, 3.05) is 0 Å². The molecule has 98 valence electrons. The van der Waals surface area contributed by atoms with Crippen molar-refractivity contribution in [1.29, 1.82) is 0 Å². The van der Waals surface area contributed by atoms with Crippen LogP contribution in [0.1, 0.15) is 49.4 Å². The summed E-state index contributed by atoms with van der Waals surface area (Å²) in [5.74, 6) is -0.179. The summed E-state index contributed by atoms with van der Waals surface area (Å²) in [6.07, 6.45) is 7.86. The Labute approximate surface area is 112 Å². The van der Waals surface area contributed by atoms with Crippen LogP contribution >= 0.6 is 11.8 Å². The van der Waals surface area contributed by atoms with Crippen LogP contribution in [0.5, 0.6) is 0 Å². The molecule has 2 rings (SSSR count). The molecule has 18 heavy (non-hydrogen) atoms. The van der Waals surface area contributed by atoms with Crippen LogP contribution in [-0.2, 0) is 0 Å². The number of pyridine rings is 1. The highest BCUT2D eigenvalue weighted by Gasteiger charge is 2.26. The fraction of sp³-hybridized carbons (Fsp3) is 0.571. The van der Waals surface area contributed by atoms with Gasteiger partial charge in [-0.2, -0.15) is 0 Å². The standard InChI is InChI=1S/C14H19NO2S/c1-2-10-6-3-4-8-12(10)18-13-11(14(16)17)7-5-9-15-13/h5,7,9-10,12H,2-4,6,8H2,1H3,(H,16,17). The molecule has 2 unspecified atom stereocenters. The van der Waals surface area contributed by atoms with Crippen LogP contribution in [0.2, 0.25) is 0 Å². The van der Waals surface area contributed by atoms with Gasteiger partial charge in [0.2, 0.25) is 0 Å². The Morgan fingerprint density at radius 2 is 2.28 bits per heavy atom. The summed E-state index contributed by atoms with van der Waals surface area (Å²) in [4.78, 5) is 15.4. The van der Waals surface area contributed by atoms with E-state index in [0.717, 1.165) is 0 Å². The number of carbonyl (C=O) groups is 1. The van der Waals surface area contributed by atoms with Crippen molar-refractivity contribution >= 4 is 17.7 Å². The van der Waals surface area contributed by atoms with Gasteiger partial charge in [-0.25, -0.2) is 9.78 Å². The van der Waals surface area contributed by atoms with Gasteiger partial charge in [-0.05, 0) is 30.9 Å². The van der Waals surface area contributed by atoms with E-state index in [0.29, 0.717) is 21.8 Å². The van der Waals surface area contributed by atoms with Crippen LogP contribution in [0.15, 0.2) is 23.4 Å². The Kier molecular flexibility index (Phi) is 4.64. The number of nitrogens with zero attached hydrogens (tertiary/aromatic N) is 1. The number of aromatic carboxylic acids is 1. The first-order chi connectivity index (χ1) is 8.72. The van der Waals surface area contributed by atoms with E-state index < -0.39 is 5.97 Å². The van der Waals surface area contributed by atoms with Gasteiger partial charge in [0.15, 0.2) is 0 Å². The first-order valence-electron chi connectivity index (χ1n) is 6.57. The zero-order chi connectivity index (χ0) is 13.0. The van der Waals surface area contributed by atoms with Gasteiger partial charge < -0.3 is 5.11 Å². The van der Waals surface area contributed by atoms with E-state index in [1.807, 2.05) is 0 Å². The maximum Gasteiger partial charge on any atom is 0.338 e. The molecule has 0 saturated heterocycles. The van der Waals surface area contributed by atoms with Gasteiger partial charge in [-0.15, -0.1) is 11.8 Å². The van der Waals surface area contributed by atoms with Crippen molar-refractivity contribution in [2.45, 2.75) is 49.3 Å². The molecule has 2 atom stereocenters. The molecule has 1 aliphatic carbocycles. The highest BCUT2D eigenvalue weighted by Crippen LogP contribution is 2.39. The minimum absolute atomic E-state index is 0.336. The molecule has 0 aromatic carbocycles. The van der Waals surface area contributed by atoms with Gasteiger partial charge in [-0.1, -0.05) is 26.2 Å². The summed E-state index contributed by atoms with van der Waals surface area (Å²) in [5.41, 5.74) is 0.336. The number of hydrogen-bond acceptors (Lipinski definition) is 3. The Balaban J connectivity index is 2.15. The molecule has 0 amide bonds. The average molecular weight is 265 g/mol. The molecule has 0 bridgehead atoms. The lowest BCUT2D eigenvalue weighted by Gasteiger charge is -2.30. The molecule has 0 radical (unpaired) electrons. The second kappa shape index (κ2) is 6.23. The van der Waals surface area contributed by atoms with Crippen LogP contribution in [-0.4, -0.2) is 21.3 Å². The molecule has 1 fully saturated rings. The molecular formula is C14H19NO2S. The third-order valence-electron chi connectivity index (χ3n) is 3.63. The molecule has 1 heterocycles. The summed E-state index contributed by atoms with van der Waals surface area (Å²) in [6.45, 7) is 2.22. The van der Waals surface area contributed by atoms with Crippen LogP contribution < -0.4 is 0 Å². The zero-order valence-electron chi connectivity index (χ0n) is 10.6. The van der Waals surface area contributed by atoms with E-state index in [2.05, 4.69) is 11.9 Å². The lowest BCUT2D eigenvalue weighted by atomic mass is 9.87. The summed E-state index contributed by atoms with van der Waals surface area (Å²) < 4.78 is 0. The third kappa shape index (κ3) is 3.05. The van der Waals surface area contributed by atoms with Crippen LogP contribution in [0.3, 0.4) is 0 Å². The lowest BCUT2D eigenvalue weighted by Crippen LogP contribution is -2.21. The van der Waals surface area contributed by atoms with Crippen LogP contribution in [0.4, 0.5) is 0 Å². The number of carboxylic acids is 1. The zero-order valence-corrected chi connectivity index (χ0v) is 11.4. The topological polar surface area (TPSA) is 50.2 Å². The van der Waals surface area contributed by atoms with Gasteiger partial charge in [0, 0.05) is 11.4 Å². The number of rotatable bonds is 4. The van der Waals surface area contributed by atoms with Crippen molar-refractivity contribution in [2.24, 2.45) is 5.92 Å². The van der Waals surface area contributed by atoms with E-state index >= 15 is 0 Å². The monoisotopic (exact) mass is 265 g/mol. The fourth-order valence-corrected chi connectivity index (χ4v) is 4.08. The SMILES string of the molecule is CCC1CCCCC1Sc1ncccc1C(=O)O. The first kappa shape index (κ1) is 13.4. The van der Waals surface area contributed by atoms with E-state index in [1.165, 1.54) is 32.1 Å². The predicted octanol–water partition coefficient (Wildman–Crippen LogP) is 3.84. The third-order valence-corrected chi connectivity index (χ3v) is 5.10. The molecule has 1 aromatic rings. The largest absolute Gasteiger partial charge is 0.478 e. The van der Waals surface area contributed by atoms with Gasteiger partial charge in [-0.3, -0.25) is 0 Å². The van der Waals surface area contributed by atoms with Crippen molar-refractivity contribution < 1.29 is 9.90 Å². The molecular weight excluding hydrogens is 246 g/mol. The summed E-state index contributed by atoms with van der Waals surface area (Å²) in [6, 6.07) is 3.33. The maximum absolute atomic E-state index is 11.2. The van der Waals surface area contributed by atoms with Gasteiger partial charge >= 0.3 is 5.97 Å². The minimum atomic E-state index is -0.880. The molecule has 4 heteroatoms. The average Bonchev–Trinajstić information content (AvgIpc) is 2.40. The van der Waals surface area contributed by atoms with Crippen LogP contribution in [0.25, 0.3) is 0 Å². The molecule has 1 aliphatic rings. The molecule has 1 saturated carbocycles. The normalized spacial score (nSPS) is 23.8. The highest BCUT2D eigenvalue weighted by atomic mass is 32.2.